The van der Waals surface area contributed by atoms with Crippen LogP contribution in [0.25, 0.3) is 0 Å². The molecule has 7 heteroatoms. The van der Waals surface area contributed by atoms with E-state index in [1.54, 1.807) is 20.1 Å². The standard InChI is InChI=1S/C14H19N3O3S/c1-4-13-15-9-14(16-13)21(18,19)17-10(2)11-7-5-6-8-12(11)20-3/h5-10,17H,4H2,1-3H3,(H,15,16). The molecule has 21 heavy (non-hydrogen) atoms. The summed E-state index contributed by atoms with van der Waals surface area (Å²) in [6, 6.07) is 6.89. The van der Waals surface area contributed by atoms with Crippen LogP contribution in [0, 0.1) is 0 Å². The Kier molecular flexibility index (Phi) is 4.64. The highest BCUT2D eigenvalue weighted by atomic mass is 32.2. The third-order valence-corrected chi connectivity index (χ3v) is 4.62. The lowest BCUT2D eigenvalue weighted by atomic mass is 10.1. The van der Waals surface area contributed by atoms with Crippen LogP contribution in [-0.4, -0.2) is 25.5 Å². The molecule has 0 saturated heterocycles. The molecule has 0 aliphatic heterocycles. The van der Waals surface area contributed by atoms with Crippen molar-refractivity contribution in [2.75, 3.05) is 7.11 Å². The van der Waals surface area contributed by atoms with Crippen molar-refractivity contribution in [3.05, 3.63) is 41.9 Å². The summed E-state index contributed by atoms with van der Waals surface area (Å²) < 4.78 is 32.5. The highest BCUT2D eigenvalue weighted by molar-refractivity contribution is 7.89. The number of methoxy groups -OCH3 is 1. The zero-order valence-corrected chi connectivity index (χ0v) is 13.1. The average Bonchev–Trinajstić information content (AvgIpc) is 2.96. The van der Waals surface area contributed by atoms with Crippen molar-refractivity contribution in [1.29, 1.82) is 0 Å². The fourth-order valence-electron chi connectivity index (χ4n) is 2.04. The fourth-order valence-corrected chi connectivity index (χ4v) is 3.21. The van der Waals surface area contributed by atoms with Gasteiger partial charge in [0.2, 0.25) is 0 Å². The Morgan fingerprint density at radius 2 is 2.10 bits per heavy atom. The van der Waals surface area contributed by atoms with Crippen LogP contribution in [0.5, 0.6) is 5.75 Å². The summed E-state index contributed by atoms with van der Waals surface area (Å²) >= 11 is 0. The topological polar surface area (TPSA) is 84.1 Å². The van der Waals surface area contributed by atoms with Crippen LogP contribution in [0.15, 0.2) is 35.5 Å². The largest absolute Gasteiger partial charge is 0.496 e. The number of benzene rings is 1. The van der Waals surface area contributed by atoms with E-state index in [0.29, 0.717) is 18.0 Å². The Hall–Kier alpha value is -1.86. The van der Waals surface area contributed by atoms with E-state index in [-0.39, 0.29) is 5.03 Å². The quantitative estimate of drug-likeness (QED) is 0.855. The van der Waals surface area contributed by atoms with Crippen molar-refractivity contribution in [3.63, 3.8) is 0 Å². The second-order valence-electron chi connectivity index (χ2n) is 4.63. The molecule has 0 radical (unpaired) electrons. The van der Waals surface area contributed by atoms with Gasteiger partial charge in [-0.25, -0.2) is 18.1 Å². The van der Waals surface area contributed by atoms with Crippen LogP contribution in [-0.2, 0) is 16.4 Å². The normalized spacial score (nSPS) is 13.1. The van der Waals surface area contributed by atoms with Crippen molar-refractivity contribution < 1.29 is 13.2 Å². The summed E-state index contributed by atoms with van der Waals surface area (Å²) in [5.41, 5.74) is 0.777. The highest BCUT2D eigenvalue weighted by Crippen LogP contribution is 2.25. The summed E-state index contributed by atoms with van der Waals surface area (Å²) in [6.07, 6.45) is 1.98. The Bertz CT molecular complexity index is 710. The van der Waals surface area contributed by atoms with Crippen LogP contribution in [0.2, 0.25) is 0 Å². The summed E-state index contributed by atoms with van der Waals surface area (Å²) in [5, 5.41) is 0.0705. The zero-order chi connectivity index (χ0) is 15.5. The second-order valence-corrected chi connectivity index (χ2v) is 6.32. The average molecular weight is 309 g/mol. The Morgan fingerprint density at radius 3 is 2.71 bits per heavy atom. The van der Waals surface area contributed by atoms with E-state index in [2.05, 4.69) is 14.7 Å². The van der Waals surface area contributed by atoms with Gasteiger partial charge < -0.3 is 9.72 Å². The molecule has 0 aliphatic carbocycles. The Labute approximate surface area is 124 Å². The lowest BCUT2D eigenvalue weighted by molar-refractivity contribution is 0.405. The van der Waals surface area contributed by atoms with E-state index >= 15 is 0 Å². The highest BCUT2D eigenvalue weighted by Gasteiger charge is 2.22. The number of sulfonamides is 1. The number of aryl methyl sites for hydroxylation is 1. The minimum absolute atomic E-state index is 0.0705. The first kappa shape index (κ1) is 15.5. The minimum Gasteiger partial charge on any atom is -0.496 e. The van der Waals surface area contributed by atoms with Gasteiger partial charge in [-0.2, -0.15) is 0 Å². The molecule has 6 nitrogen and oxygen atoms in total. The summed E-state index contributed by atoms with van der Waals surface area (Å²) in [5.74, 6) is 1.28. The molecule has 1 atom stereocenters. The molecule has 2 aromatic rings. The van der Waals surface area contributed by atoms with Gasteiger partial charge in [-0.3, -0.25) is 0 Å². The van der Waals surface area contributed by atoms with Crippen molar-refractivity contribution in [3.8, 4) is 5.75 Å². The number of H-pyrrole nitrogens is 1. The van der Waals surface area contributed by atoms with E-state index < -0.39 is 16.1 Å². The van der Waals surface area contributed by atoms with Gasteiger partial charge in [-0.1, -0.05) is 25.1 Å². The van der Waals surface area contributed by atoms with Crippen molar-refractivity contribution in [2.45, 2.75) is 31.3 Å². The number of imidazole rings is 1. The molecule has 1 aromatic heterocycles. The molecule has 0 saturated carbocycles. The van der Waals surface area contributed by atoms with Gasteiger partial charge in [0, 0.05) is 18.0 Å². The van der Waals surface area contributed by atoms with E-state index in [1.165, 1.54) is 6.20 Å². The summed E-state index contributed by atoms with van der Waals surface area (Å²) in [4.78, 5) is 6.81. The van der Waals surface area contributed by atoms with Crippen LogP contribution in [0.1, 0.15) is 31.3 Å². The number of nitrogens with one attached hydrogen (secondary N) is 2. The molecule has 1 heterocycles. The molecule has 2 N–H and O–H groups in total. The molecule has 0 aliphatic rings. The van der Waals surface area contributed by atoms with Gasteiger partial charge >= 0.3 is 0 Å². The number of para-hydroxylation sites is 1. The third-order valence-electron chi connectivity index (χ3n) is 3.17. The van der Waals surface area contributed by atoms with Crippen LogP contribution in [0.4, 0.5) is 0 Å². The summed E-state index contributed by atoms with van der Waals surface area (Å²) in [6.45, 7) is 3.67. The first-order chi connectivity index (χ1) is 9.97. The van der Waals surface area contributed by atoms with Gasteiger partial charge in [-0.15, -0.1) is 0 Å². The van der Waals surface area contributed by atoms with Crippen LogP contribution in [0.3, 0.4) is 0 Å². The first-order valence-corrected chi connectivity index (χ1v) is 8.15. The van der Waals surface area contributed by atoms with E-state index in [4.69, 9.17) is 4.74 Å². The molecule has 0 fully saturated rings. The maximum Gasteiger partial charge on any atom is 0.258 e. The first-order valence-electron chi connectivity index (χ1n) is 6.67. The predicted octanol–water partition coefficient (Wildman–Crippen LogP) is 2.02. The predicted molar refractivity (Wildman–Crippen MR) is 79.7 cm³/mol. The molecule has 114 valence electrons. The zero-order valence-electron chi connectivity index (χ0n) is 12.3. The maximum atomic E-state index is 12.3. The monoisotopic (exact) mass is 309 g/mol. The number of hydrogen-bond donors (Lipinski definition) is 2. The van der Waals surface area contributed by atoms with E-state index in [0.717, 1.165) is 5.56 Å². The summed E-state index contributed by atoms with van der Waals surface area (Å²) in [7, 11) is -2.09. The van der Waals surface area contributed by atoms with Crippen molar-refractivity contribution in [2.24, 2.45) is 0 Å². The molecule has 0 bridgehead atoms. The molecular formula is C14H19N3O3S. The molecule has 0 spiro atoms. The molecular weight excluding hydrogens is 290 g/mol. The number of hydrogen-bond acceptors (Lipinski definition) is 4. The smallest absolute Gasteiger partial charge is 0.258 e. The minimum atomic E-state index is -3.65. The maximum absolute atomic E-state index is 12.3. The molecule has 1 aromatic carbocycles. The number of aromatic nitrogens is 2. The lowest BCUT2D eigenvalue weighted by Crippen LogP contribution is -2.27. The number of rotatable bonds is 6. The number of aromatic amines is 1. The van der Waals surface area contributed by atoms with Gasteiger partial charge in [-0.05, 0) is 13.0 Å². The Morgan fingerprint density at radius 1 is 1.38 bits per heavy atom. The van der Waals surface area contributed by atoms with Gasteiger partial charge in [0.1, 0.15) is 11.6 Å². The number of nitrogens with zero attached hydrogens (tertiary/aromatic N) is 1. The Balaban J connectivity index is 2.23. The van der Waals surface area contributed by atoms with Crippen molar-refractivity contribution >= 4 is 10.0 Å². The van der Waals surface area contributed by atoms with Gasteiger partial charge in [0.25, 0.3) is 10.0 Å². The molecule has 0 amide bonds. The lowest BCUT2D eigenvalue weighted by Gasteiger charge is -2.16. The SMILES string of the molecule is CCc1ncc(S(=O)(=O)NC(C)c2ccccc2OC)[nH]1. The van der Waals surface area contributed by atoms with E-state index in [9.17, 15) is 8.42 Å². The van der Waals surface area contributed by atoms with Crippen LogP contribution < -0.4 is 9.46 Å². The van der Waals surface area contributed by atoms with Crippen LogP contribution >= 0.6 is 0 Å². The molecule has 2 rings (SSSR count). The second kappa shape index (κ2) is 6.28. The molecule has 1 unspecified atom stereocenters. The number of ether oxygens (including phenoxy) is 1. The van der Waals surface area contributed by atoms with E-state index in [1.807, 2.05) is 25.1 Å². The van der Waals surface area contributed by atoms with Gasteiger partial charge in [0.15, 0.2) is 5.03 Å². The third kappa shape index (κ3) is 3.43. The van der Waals surface area contributed by atoms with Gasteiger partial charge in [0.05, 0.1) is 13.3 Å². The fraction of sp³-hybridized carbons (Fsp3) is 0.357. The van der Waals surface area contributed by atoms with Crippen molar-refractivity contribution in [1.82, 2.24) is 14.7 Å².